The van der Waals surface area contributed by atoms with Gasteiger partial charge in [0, 0.05) is 42.3 Å². The smallest absolute Gasteiger partial charge is 0.326 e. The highest BCUT2D eigenvalue weighted by molar-refractivity contribution is 8.76. The van der Waals surface area contributed by atoms with Crippen LogP contribution in [0.5, 0.6) is 5.75 Å². The van der Waals surface area contributed by atoms with E-state index in [4.69, 9.17) is 4.74 Å². The summed E-state index contributed by atoms with van der Waals surface area (Å²) in [5.74, 6) is -0.0428. The fourth-order valence-electron chi connectivity index (χ4n) is 4.48. The number of phenols is 1. The minimum Gasteiger partial charge on any atom is -0.508 e. The maximum Gasteiger partial charge on any atom is 0.326 e. The van der Waals surface area contributed by atoms with E-state index in [1.165, 1.54) is 16.7 Å². The minimum atomic E-state index is -1.14. The molecule has 0 aliphatic carbocycles. The lowest BCUT2D eigenvalue weighted by Gasteiger charge is -2.30. The molecule has 204 valence electrons. The average molecular weight is 577 g/mol. The van der Waals surface area contributed by atoms with Crippen LogP contribution in [0.25, 0.3) is 0 Å². The predicted octanol–water partition coefficient (Wildman–Crippen LogP) is 4.10. The first-order valence-corrected chi connectivity index (χ1v) is 16.1. The molecule has 2 aromatic carbocycles. The number of hydrogen-bond acceptors (Lipinski definition) is 8. The summed E-state index contributed by atoms with van der Waals surface area (Å²) >= 11 is 1.39. The van der Waals surface area contributed by atoms with Crippen molar-refractivity contribution in [2.75, 3.05) is 23.9 Å². The number of benzene rings is 2. The van der Waals surface area contributed by atoms with Crippen molar-refractivity contribution in [3.63, 3.8) is 0 Å². The highest BCUT2D eigenvalue weighted by Gasteiger charge is 2.43. The second-order valence-electron chi connectivity index (χ2n) is 9.14. The number of aromatic hydroxyl groups is 1. The predicted molar refractivity (Wildman–Crippen MR) is 152 cm³/mol. The SMILES string of the molecule is O=C(O)C(Cc1ccccc1)NC(=O)[C@@H]1CS[C@H](c2ccccc2O)N1C(=O)CCSSCC1CCCO1. The molecule has 0 radical (unpaired) electrons. The first-order chi connectivity index (χ1) is 18.4. The van der Waals surface area contributed by atoms with Crippen LogP contribution >= 0.6 is 33.3 Å². The molecule has 11 heteroatoms. The molecule has 4 atom stereocenters. The average Bonchev–Trinajstić information content (AvgIpc) is 3.59. The van der Waals surface area contributed by atoms with Gasteiger partial charge in [0.25, 0.3) is 0 Å². The lowest BCUT2D eigenvalue weighted by atomic mass is 10.1. The van der Waals surface area contributed by atoms with Gasteiger partial charge in [0.2, 0.25) is 11.8 Å². The Labute approximate surface area is 234 Å². The summed E-state index contributed by atoms with van der Waals surface area (Å²) in [7, 11) is 3.29. The summed E-state index contributed by atoms with van der Waals surface area (Å²) in [6, 6.07) is 13.9. The Morgan fingerprint density at radius 3 is 2.58 bits per heavy atom. The van der Waals surface area contributed by atoms with Crippen LogP contribution in [0.3, 0.4) is 0 Å². The van der Waals surface area contributed by atoms with Crippen molar-refractivity contribution in [3.8, 4) is 5.75 Å². The normalized spacial score (nSPS) is 21.8. The number of carbonyl (C=O) groups excluding carboxylic acids is 2. The maximum atomic E-state index is 13.5. The molecule has 0 spiro atoms. The van der Waals surface area contributed by atoms with Gasteiger partial charge in [0.05, 0.1) is 6.10 Å². The molecule has 2 aliphatic heterocycles. The highest BCUT2D eigenvalue weighted by Crippen LogP contribution is 2.45. The lowest BCUT2D eigenvalue weighted by Crippen LogP contribution is -2.52. The van der Waals surface area contributed by atoms with Gasteiger partial charge in [-0.1, -0.05) is 70.1 Å². The highest BCUT2D eigenvalue weighted by atomic mass is 33.1. The molecule has 2 aliphatic rings. The van der Waals surface area contributed by atoms with Gasteiger partial charge in [0.1, 0.15) is 23.2 Å². The molecular weight excluding hydrogens is 545 g/mol. The van der Waals surface area contributed by atoms with Crippen LogP contribution < -0.4 is 5.32 Å². The number of nitrogens with one attached hydrogen (secondary N) is 1. The quantitative estimate of drug-likeness (QED) is 0.254. The van der Waals surface area contributed by atoms with Crippen molar-refractivity contribution >= 4 is 51.1 Å². The van der Waals surface area contributed by atoms with Gasteiger partial charge < -0.3 is 25.2 Å². The summed E-state index contributed by atoms with van der Waals surface area (Å²) in [6.07, 6.45) is 2.79. The van der Waals surface area contributed by atoms with E-state index in [1.54, 1.807) is 45.9 Å². The van der Waals surface area contributed by atoms with E-state index >= 15 is 0 Å². The van der Waals surface area contributed by atoms with Crippen LogP contribution in [-0.2, 0) is 25.5 Å². The monoisotopic (exact) mass is 576 g/mol. The number of ether oxygens (including phenoxy) is 1. The van der Waals surface area contributed by atoms with Crippen LogP contribution in [0, 0.1) is 0 Å². The first-order valence-electron chi connectivity index (χ1n) is 12.6. The number of carboxylic acids is 1. The summed E-state index contributed by atoms with van der Waals surface area (Å²) in [5.41, 5.74) is 1.35. The molecule has 2 amide bonds. The number of amides is 2. The summed E-state index contributed by atoms with van der Waals surface area (Å²) in [4.78, 5) is 40.3. The summed E-state index contributed by atoms with van der Waals surface area (Å²) in [6.45, 7) is 0.812. The van der Waals surface area contributed by atoms with E-state index in [-0.39, 0.29) is 30.6 Å². The van der Waals surface area contributed by atoms with Crippen molar-refractivity contribution in [1.29, 1.82) is 0 Å². The van der Waals surface area contributed by atoms with Crippen LogP contribution in [0.1, 0.15) is 35.8 Å². The largest absolute Gasteiger partial charge is 0.508 e. The number of phenolic OH excluding ortho intramolecular Hbond substituents is 1. The first kappa shape index (κ1) is 28.7. The van der Waals surface area contributed by atoms with Gasteiger partial charge in [-0.15, -0.1) is 11.8 Å². The number of carboxylic acid groups (broad SMARTS) is 1. The van der Waals surface area contributed by atoms with E-state index in [9.17, 15) is 24.6 Å². The minimum absolute atomic E-state index is 0.0536. The van der Waals surface area contributed by atoms with Gasteiger partial charge in [0.15, 0.2) is 0 Å². The molecule has 2 unspecified atom stereocenters. The van der Waals surface area contributed by atoms with Crippen molar-refractivity contribution in [2.45, 2.75) is 49.2 Å². The molecule has 0 saturated carbocycles. The Kier molecular flexibility index (Phi) is 10.7. The van der Waals surface area contributed by atoms with Gasteiger partial charge in [-0.25, -0.2) is 4.79 Å². The molecule has 2 aromatic rings. The molecule has 8 nitrogen and oxygen atoms in total. The van der Waals surface area contributed by atoms with E-state index in [2.05, 4.69) is 5.32 Å². The standard InChI is InChI=1S/C27H32N2O6S3/c30-23-11-5-4-10-20(23)26-29(24(31)12-14-37-38-16-19-9-6-13-35-19)22(17-36-26)25(32)28-21(27(33)34)15-18-7-2-1-3-8-18/h1-5,7-8,10-11,19,21-22,26,30H,6,9,12-17H2,(H,28,32)(H,33,34)/t19?,21?,22-,26+/m0/s1. The third-order valence-electron chi connectivity index (χ3n) is 6.45. The Balaban J connectivity index is 1.43. The van der Waals surface area contributed by atoms with Crippen LogP contribution in [-0.4, -0.2) is 74.9 Å². The molecule has 4 rings (SSSR count). The molecule has 2 heterocycles. The van der Waals surface area contributed by atoms with Crippen molar-refractivity contribution in [1.82, 2.24) is 10.2 Å². The Hall–Kier alpha value is -2.34. The van der Waals surface area contributed by atoms with Crippen LogP contribution in [0.2, 0.25) is 0 Å². The lowest BCUT2D eigenvalue weighted by molar-refractivity contribution is -0.144. The number of aliphatic carboxylic acids is 1. The van der Waals surface area contributed by atoms with E-state index in [0.717, 1.165) is 30.8 Å². The number of para-hydroxylation sites is 1. The molecular formula is C27H32N2O6S3. The Morgan fingerprint density at radius 1 is 1.11 bits per heavy atom. The third-order valence-corrected chi connectivity index (χ3v) is 10.2. The van der Waals surface area contributed by atoms with Crippen molar-refractivity contribution in [3.05, 3.63) is 65.7 Å². The Bertz CT molecular complexity index is 1100. The van der Waals surface area contributed by atoms with Crippen molar-refractivity contribution in [2.24, 2.45) is 0 Å². The zero-order valence-corrected chi connectivity index (χ0v) is 23.3. The molecule has 2 fully saturated rings. The van der Waals surface area contributed by atoms with Gasteiger partial charge in [-0.2, -0.15) is 0 Å². The summed E-state index contributed by atoms with van der Waals surface area (Å²) in [5, 5.41) is 22.4. The second kappa shape index (κ2) is 14.2. The Morgan fingerprint density at radius 2 is 1.87 bits per heavy atom. The van der Waals surface area contributed by atoms with Gasteiger partial charge >= 0.3 is 5.97 Å². The van der Waals surface area contributed by atoms with Gasteiger partial charge in [-0.05, 0) is 24.5 Å². The zero-order valence-electron chi connectivity index (χ0n) is 20.9. The van der Waals surface area contributed by atoms with Crippen molar-refractivity contribution < 1.29 is 29.3 Å². The molecule has 0 bridgehead atoms. The number of nitrogens with zero attached hydrogens (tertiary/aromatic N) is 1. The number of rotatable bonds is 12. The molecule has 3 N–H and O–H groups in total. The third kappa shape index (κ3) is 7.62. The molecule has 38 heavy (non-hydrogen) atoms. The van der Waals surface area contributed by atoms with E-state index in [0.29, 0.717) is 17.1 Å². The molecule has 0 aromatic heterocycles. The second-order valence-corrected chi connectivity index (χ2v) is 12.9. The number of hydrogen-bond donors (Lipinski definition) is 3. The van der Waals surface area contributed by atoms with E-state index in [1.807, 2.05) is 30.3 Å². The molecule has 2 saturated heterocycles. The van der Waals surface area contributed by atoms with Crippen LogP contribution in [0.4, 0.5) is 0 Å². The number of carbonyl (C=O) groups is 3. The van der Waals surface area contributed by atoms with Crippen LogP contribution in [0.15, 0.2) is 54.6 Å². The fourth-order valence-corrected chi connectivity index (χ4v) is 8.20. The maximum absolute atomic E-state index is 13.5. The summed E-state index contributed by atoms with van der Waals surface area (Å²) < 4.78 is 5.64. The zero-order chi connectivity index (χ0) is 26.9. The fraction of sp³-hybridized carbons (Fsp3) is 0.444. The number of thioether (sulfide) groups is 1. The van der Waals surface area contributed by atoms with E-state index < -0.39 is 29.3 Å². The van der Waals surface area contributed by atoms with Gasteiger partial charge in [-0.3, -0.25) is 9.59 Å². The topological polar surface area (TPSA) is 116 Å².